The van der Waals surface area contributed by atoms with Gasteiger partial charge in [-0.25, -0.2) is 8.42 Å². The number of amides is 1. The number of hydrogen-bond donors (Lipinski definition) is 1. The molecule has 0 aliphatic rings. The summed E-state index contributed by atoms with van der Waals surface area (Å²) in [6.07, 6.45) is 1.47. The number of rotatable bonds is 6. The molecule has 0 radical (unpaired) electrons. The van der Waals surface area contributed by atoms with Gasteiger partial charge in [0.05, 0.1) is 30.2 Å². The molecule has 1 aromatic heterocycles. The van der Waals surface area contributed by atoms with Gasteiger partial charge in [-0.2, -0.15) is 5.26 Å². The average molecular weight is 318 g/mol. The predicted octanol–water partition coefficient (Wildman–Crippen LogP) is 1.38. The summed E-state index contributed by atoms with van der Waals surface area (Å²) in [6.45, 7) is 0.144. The fourth-order valence-corrected chi connectivity index (χ4v) is 3.18. The van der Waals surface area contributed by atoms with Crippen molar-refractivity contribution in [3.8, 4) is 6.07 Å². The van der Waals surface area contributed by atoms with Crippen LogP contribution < -0.4 is 5.32 Å². The third-order valence-corrected chi connectivity index (χ3v) is 4.31. The largest absolute Gasteiger partial charge is 0.467 e. The van der Waals surface area contributed by atoms with Crippen molar-refractivity contribution in [1.29, 1.82) is 5.26 Å². The Balaban J connectivity index is 1.92. The first-order valence-corrected chi connectivity index (χ1v) is 8.29. The minimum Gasteiger partial charge on any atom is -0.467 e. The molecule has 0 bridgehead atoms. The van der Waals surface area contributed by atoms with Crippen molar-refractivity contribution in [2.24, 2.45) is 0 Å². The summed E-state index contributed by atoms with van der Waals surface area (Å²) in [4.78, 5) is 11.7. The monoisotopic (exact) mass is 318 g/mol. The molecule has 0 aliphatic carbocycles. The number of nitrogens with one attached hydrogen (secondary N) is 1. The van der Waals surface area contributed by atoms with Crippen molar-refractivity contribution in [3.63, 3.8) is 0 Å². The zero-order valence-electron chi connectivity index (χ0n) is 11.7. The molecular weight excluding hydrogens is 304 g/mol. The van der Waals surface area contributed by atoms with Crippen LogP contribution in [0.25, 0.3) is 0 Å². The van der Waals surface area contributed by atoms with Gasteiger partial charge in [-0.1, -0.05) is 12.1 Å². The van der Waals surface area contributed by atoms with Crippen LogP contribution in [0, 0.1) is 11.3 Å². The highest BCUT2D eigenvalue weighted by molar-refractivity contribution is 7.91. The molecule has 0 spiro atoms. The maximum atomic E-state index is 12.0. The molecule has 114 valence electrons. The van der Waals surface area contributed by atoms with Gasteiger partial charge in [0.1, 0.15) is 11.5 Å². The van der Waals surface area contributed by atoms with E-state index in [1.807, 2.05) is 6.07 Å². The summed E-state index contributed by atoms with van der Waals surface area (Å²) >= 11 is 0. The lowest BCUT2D eigenvalue weighted by Gasteiger charge is -2.06. The van der Waals surface area contributed by atoms with E-state index in [1.54, 1.807) is 30.3 Å². The first-order chi connectivity index (χ1) is 10.5. The Bertz CT molecular complexity index is 789. The van der Waals surface area contributed by atoms with E-state index >= 15 is 0 Å². The van der Waals surface area contributed by atoms with Crippen molar-refractivity contribution in [2.75, 3.05) is 5.75 Å². The smallest absolute Gasteiger partial charge is 0.235 e. The second-order valence-electron chi connectivity index (χ2n) is 4.70. The van der Waals surface area contributed by atoms with Crippen molar-refractivity contribution in [1.82, 2.24) is 5.32 Å². The molecule has 22 heavy (non-hydrogen) atoms. The maximum absolute atomic E-state index is 12.0. The van der Waals surface area contributed by atoms with Gasteiger partial charge in [0, 0.05) is 0 Å². The highest BCUT2D eigenvalue weighted by Gasteiger charge is 2.17. The fraction of sp³-hybridized carbons (Fsp3) is 0.200. The topological polar surface area (TPSA) is 100 Å². The van der Waals surface area contributed by atoms with Crippen LogP contribution in [0.4, 0.5) is 0 Å². The molecule has 0 aliphatic heterocycles. The third kappa shape index (κ3) is 4.75. The van der Waals surface area contributed by atoms with Gasteiger partial charge >= 0.3 is 0 Å². The Labute approximate surface area is 128 Å². The number of nitrogens with zero attached hydrogens (tertiary/aromatic N) is 1. The quantitative estimate of drug-likeness (QED) is 0.867. The molecule has 0 atom stereocenters. The molecule has 0 fully saturated rings. The standard InChI is InChI=1S/C15H14N2O4S/c16-8-12-3-1-4-13(7-12)10-22(19,20)11-15(18)17-9-14-5-2-6-21-14/h1-7H,9-11H2,(H,17,18). The average Bonchev–Trinajstić information content (AvgIpc) is 2.97. The van der Waals surface area contributed by atoms with Crippen LogP contribution in [0.1, 0.15) is 16.9 Å². The second kappa shape index (κ2) is 6.91. The highest BCUT2D eigenvalue weighted by atomic mass is 32.2. The molecule has 0 saturated carbocycles. The summed E-state index contributed by atoms with van der Waals surface area (Å²) in [5.41, 5.74) is 0.868. The number of sulfone groups is 1. The van der Waals surface area contributed by atoms with Crippen LogP contribution in [0.15, 0.2) is 47.1 Å². The van der Waals surface area contributed by atoms with Gasteiger partial charge in [-0.3, -0.25) is 4.79 Å². The second-order valence-corrected chi connectivity index (χ2v) is 6.77. The Kier molecular flexibility index (Phi) is 4.96. The summed E-state index contributed by atoms with van der Waals surface area (Å²) in [6, 6.07) is 11.6. The molecule has 1 aromatic carbocycles. The number of furan rings is 1. The Hall–Kier alpha value is -2.59. The molecule has 1 N–H and O–H groups in total. The van der Waals surface area contributed by atoms with Crippen molar-refractivity contribution in [3.05, 3.63) is 59.5 Å². The number of carbonyl (C=O) groups excluding carboxylic acids is 1. The van der Waals surface area contributed by atoms with Gasteiger partial charge in [0.15, 0.2) is 9.84 Å². The summed E-state index contributed by atoms with van der Waals surface area (Å²) in [5, 5.41) is 11.3. The number of hydrogen-bond acceptors (Lipinski definition) is 5. The van der Waals surface area contributed by atoms with Crippen LogP contribution in [-0.2, 0) is 26.9 Å². The highest BCUT2D eigenvalue weighted by Crippen LogP contribution is 2.09. The molecule has 0 saturated heterocycles. The lowest BCUT2D eigenvalue weighted by Crippen LogP contribution is -2.30. The third-order valence-electron chi connectivity index (χ3n) is 2.83. The normalized spacial score (nSPS) is 10.9. The predicted molar refractivity (Wildman–Crippen MR) is 79.2 cm³/mol. The van der Waals surface area contributed by atoms with E-state index in [0.717, 1.165) is 0 Å². The van der Waals surface area contributed by atoms with Gasteiger partial charge in [-0.15, -0.1) is 0 Å². The van der Waals surface area contributed by atoms with E-state index in [4.69, 9.17) is 9.68 Å². The SMILES string of the molecule is N#Cc1cccc(CS(=O)(=O)CC(=O)NCc2ccco2)c1. The Morgan fingerprint density at radius 2 is 2.09 bits per heavy atom. The van der Waals surface area contributed by atoms with Gasteiger partial charge in [-0.05, 0) is 29.8 Å². The van der Waals surface area contributed by atoms with E-state index in [2.05, 4.69) is 5.32 Å². The van der Waals surface area contributed by atoms with Crippen LogP contribution >= 0.6 is 0 Å². The summed E-state index contributed by atoms with van der Waals surface area (Å²) in [5.74, 6) is -0.929. The molecule has 2 rings (SSSR count). The van der Waals surface area contributed by atoms with E-state index < -0.39 is 21.5 Å². The minimum atomic E-state index is -3.60. The molecule has 0 unspecified atom stereocenters. The molecule has 6 nitrogen and oxygen atoms in total. The van der Waals surface area contributed by atoms with Gasteiger partial charge in [0.25, 0.3) is 0 Å². The summed E-state index contributed by atoms with van der Waals surface area (Å²) in [7, 11) is -3.60. The van der Waals surface area contributed by atoms with Gasteiger partial charge < -0.3 is 9.73 Å². The van der Waals surface area contributed by atoms with E-state index in [1.165, 1.54) is 12.3 Å². The van der Waals surface area contributed by atoms with Crippen molar-refractivity contribution in [2.45, 2.75) is 12.3 Å². The van der Waals surface area contributed by atoms with Gasteiger partial charge in [0.2, 0.25) is 5.91 Å². The number of carbonyl (C=O) groups is 1. The summed E-state index contributed by atoms with van der Waals surface area (Å²) < 4.78 is 29.0. The lowest BCUT2D eigenvalue weighted by atomic mass is 10.2. The van der Waals surface area contributed by atoms with E-state index in [0.29, 0.717) is 16.9 Å². The van der Waals surface area contributed by atoms with Crippen LogP contribution in [0.2, 0.25) is 0 Å². The molecule has 2 aromatic rings. The fourth-order valence-electron chi connectivity index (χ4n) is 1.89. The first kappa shape index (κ1) is 15.8. The lowest BCUT2D eigenvalue weighted by molar-refractivity contribution is -0.118. The van der Waals surface area contributed by atoms with Crippen LogP contribution in [0.3, 0.4) is 0 Å². The van der Waals surface area contributed by atoms with Crippen molar-refractivity contribution < 1.29 is 17.6 Å². The number of nitriles is 1. The number of benzene rings is 1. The minimum absolute atomic E-state index is 0.144. The molecule has 1 amide bonds. The molecular formula is C15H14N2O4S. The van der Waals surface area contributed by atoms with Crippen LogP contribution in [0.5, 0.6) is 0 Å². The van der Waals surface area contributed by atoms with Crippen molar-refractivity contribution >= 4 is 15.7 Å². The van der Waals surface area contributed by atoms with E-state index in [-0.39, 0.29) is 12.3 Å². The van der Waals surface area contributed by atoms with Crippen LogP contribution in [-0.4, -0.2) is 20.1 Å². The Morgan fingerprint density at radius 3 is 2.77 bits per heavy atom. The first-order valence-electron chi connectivity index (χ1n) is 6.47. The zero-order valence-corrected chi connectivity index (χ0v) is 12.5. The zero-order chi connectivity index (χ0) is 16.0. The Morgan fingerprint density at radius 1 is 1.27 bits per heavy atom. The maximum Gasteiger partial charge on any atom is 0.235 e. The molecule has 7 heteroatoms. The van der Waals surface area contributed by atoms with E-state index in [9.17, 15) is 13.2 Å². The molecule has 1 heterocycles.